The Morgan fingerprint density at radius 1 is 1.25 bits per heavy atom. The van der Waals surface area contributed by atoms with Crippen molar-refractivity contribution in [3.63, 3.8) is 0 Å². The minimum Gasteiger partial charge on any atom is -0.361 e. The molecule has 0 bridgehead atoms. The van der Waals surface area contributed by atoms with Gasteiger partial charge in [0.25, 0.3) is 0 Å². The molecule has 0 aromatic carbocycles. The van der Waals surface area contributed by atoms with Gasteiger partial charge in [-0.1, -0.05) is 45.3 Å². The molecule has 7 nitrogen and oxygen atoms in total. The van der Waals surface area contributed by atoms with Crippen LogP contribution in [-0.2, 0) is 11.5 Å². The van der Waals surface area contributed by atoms with Crippen LogP contribution in [0.15, 0.2) is 31.0 Å². The third-order valence-corrected chi connectivity index (χ3v) is 8.14. The average molecular weight is 451 g/mol. The number of aromatic nitrogens is 5. The zero-order valence-corrected chi connectivity index (χ0v) is 20.5. The molecule has 1 aliphatic carbocycles. The van der Waals surface area contributed by atoms with Crippen LogP contribution >= 0.6 is 0 Å². The van der Waals surface area contributed by atoms with Gasteiger partial charge in [-0.2, -0.15) is 10.4 Å². The lowest BCUT2D eigenvalue weighted by Gasteiger charge is -2.18. The summed E-state index contributed by atoms with van der Waals surface area (Å²) in [6.45, 7) is 8.35. The SMILES string of the molecule is C[Si](C)(C)CCOCn1ccc2c(-c3cnn(C(CC#N)CC4CCCC4)c3)ncnc21. The molecule has 1 aliphatic rings. The Balaban J connectivity index is 1.50. The molecular weight excluding hydrogens is 416 g/mol. The molecule has 0 amide bonds. The van der Waals surface area contributed by atoms with Crippen LogP contribution in [-0.4, -0.2) is 39.0 Å². The second-order valence-corrected chi connectivity index (χ2v) is 15.8. The maximum absolute atomic E-state index is 9.35. The van der Waals surface area contributed by atoms with Crippen molar-refractivity contribution in [2.24, 2.45) is 5.92 Å². The first-order valence-corrected chi connectivity index (χ1v) is 15.4. The molecule has 3 aromatic heterocycles. The number of hydrogen-bond acceptors (Lipinski definition) is 5. The summed E-state index contributed by atoms with van der Waals surface area (Å²) in [5, 5.41) is 15.0. The van der Waals surface area contributed by atoms with E-state index < -0.39 is 8.07 Å². The Kier molecular flexibility index (Phi) is 7.06. The van der Waals surface area contributed by atoms with Gasteiger partial charge in [0.15, 0.2) is 0 Å². The van der Waals surface area contributed by atoms with Gasteiger partial charge in [-0.25, -0.2) is 9.97 Å². The van der Waals surface area contributed by atoms with E-state index in [-0.39, 0.29) is 6.04 Å². The lowest BCUT2D eigenvalue weighted by Crippen LogP contribution is -2.22. The van der Waals surface area contributed by atoms with Gasteiger partial charge in [0, 0.05) is 38.0 Å². The average Bonchev–Trinajstić information content (AvgIpc) is 3.51. The summed E-state index contributed by atoms with van der Waals surface area (Å²) in [6.07, 6.45) is 14.2. The number of rotatable bonds is 10. The number of ether oxygens (including phenoxy) is 1. The molecule has 1 unspecified atom stereocenters. The fraction of sp³-hybridized carbons (Fsp3) is 0.583. The Labute approximate surface area is 191 Å². The largest absolute Gasteiger partial charge is 0.361 e. The zero-order valence-electron chi connectivity index (χ0n) is 19.5. The van der Waals surface area contributed by atoms with E-state index in [1.807, 2.05) is 27.8 Å². The highest BCUT2D eigenvalue weighted by atomic mass is 28.3. The van der Waals surface area contributed by atoms with E-state index in [1.54, 1.807) is 6.33 Å². The van der Waals surface area contributed by atoms with Gasteiger partial charge in [-0.05, 0) is 24.4 Å². The van der Waals surface area contributed by atoms with Crippen molar-refractivity contribution in [3.05, 3.63) is 31.0 Å². The summed E-state index contributed by atoms with van der Waals surface area (Å²) in [5.74, 6) is 0.710. The van der Waals surface area contributed by atoms with Crippen LogP contribution in [0, 0.1) is 17.2 Å². The second-order valence-electron chi connectivity index (χ2n) is 10.2. The van der Waals surface area contributed by atoms with Crippen molar-refractivity contribution in [2.45, 2.75) is 77.0 Å². The molecule has 0 radical (unpaired) electrons. The maximum atomic E-state index is 9.35. The molecule has 170 valence electrons. The monoisotopic (exact) mass is 450 g/mol. The first-order chi connectivity index (χ1) is 15.4. The fourth-order valence-corrected chi connectivity index (χ4v) is 5.32. The molecule has 3 aromatic rings. The van der Waals surface area contributed by atoms with Gasteiger partial charge in [0.1, 0.15) is 18.7 Å². The topological polar surface area (TPSA) is 81.5 Å². The van der Waals surface area contributed by atoms with E-state index in [0.29, 0.717) is 19.1 Å². The molecule has 0 N–H and O–H groups in total. The molecule has 4 rings (SSSR count). The predicted octanol–water partition coefficient (Wildman–Crippen LogP) is 5.64. The lowest BCUT2D eigenvalue weighted by molar-refractivity contribution is 0.0899. The summed E-state index contributed by atoms with van der Waals surface area (Å²) in [5.41, 5.74) is 2.71. The predicted molar refractivity (Wildman–Crippen MR) is 129 cm³/mol. The first-order valence-electron chi connectivity index (χ1n) is 11.7. The normalized spacial score (nSPS) is 15.9. The summed E-state index contributed by atoms with van der Waals surface area (Å²) < 4.78 is 9.93. The van der Waals surface area contributed by atoms with Crippen LogP contribution in [0.25, 0.3) is 22.3 Å². The van der Waals surface area contributed by atoms with Gasteiger partial charge >= 0.3 is 0 Å². The van der Waals surface area contributed by atoms with Gasteiger partial charge in [-0.15, -0.1) is 0 Å². The molecule has 32 heavy (non-hydrogen) atoms. The standard InChI is InChI=1S/C24H34N6OSi/c1-32(2,3)13-12-31-18-29-11-9-22-23(26-17-27-24(22)29)20-15-28-30(16-20)21(8-10-25)14-19-6-4-5-7-19/h9,11,15-17,19,21H,4-8,12-14,18H2,1-3H3. The van der Waals surface area contributed by atoms with Crippen molar-refractivity contribution >= 4 is 19.1 Å². The summed E-state index contributed by atoms with van der Waals surface area (Å²) >= 11 is 0. The second kappa shape index (κ2) is 9.97. The van der Waals surface area contributed by atoms with E-state index >= 15 is 0 Å². The van der Waals surface area contributed by atoms with Gasteiger partial charge in [0.05, 0.1) is 30.4 Å². The molecule has 0 spiro atoms. The highest BCUT2D eigenvalue weighted by Crippen LogP contribution is 2.34. The third-order valence-electron chi connectivity index (χ3n) is 6.44. The van der Waals surface area contributed by atoms with Crippen molar-refractivity contribution < 1.29 is 4.74 Å². The Morgan fingerprint density at radius 2 is 2.06 bits per heavy atom. The van der Waals surface area contributed by atoms with Gasteiger partial charge < -0.3 is 9.30 Å². The Hall–Kier alpha value is -2.50. The van der Waals surface area contributed by atoms with Crippen molar-refractivity contribution in [1.29, 1.82) is 5.26 Å². The van der Waals surface area contributed by atoms with Gasteiger partial charge in [-0.3, -0.25) is 4.68 Å². The zero-order chi connectivity index (χ0) is 22.6. The van der Waals surface area contributed by atoms with Crippen LogP contribution in [0.4, 0.5) is 0 Å². The third kappa shape index (κ3) is 5.45. The highest BCUT2D eigenvalue weighted by molar-refractivity contribution is 6.76. The molecule has 3 heterocycles. The fourth-order valence-electron chi connectivity index (χ4n) is 4.56. The first kappa shape index (κ1) is 22.7. The van der Waals surface area contributed by atoms with E-state index in [9.17, 15) is 5.26 Å². The quantitative estimate of drug-likeness (QED) is 0.295. The number of fused-ring (bicyclic) bond motifs is 1. The van der Waals surface area contributed by atoms with Crippen LogP contribution in [0.3, 0.4) is 0 Å². The molecule has 0 saturated heterocycles. The molecule has 8 heteroatoms. The molecular formula is C24H34N6OSi. The highest BCUT2D eigenvalue weighted by Gasteiger charge is 2.22. The van der Waals surface area contributed by atoms with Crippen LogP contribution in [0.2, 0.25) is 25.7 Å². The minimum absolute atomic E-state index is 0.124. The number of nitrogens with zero attached hydrogens (tertiary/aromatic N) is 6. The van der Waals surface area contributed by atoms with E-state index in [2.05, 4.69) is 46.8 Å². The Morgan fingerprint density at radius 3 is 2.81 bits per heavy atom. The molecule has 0 aliphatic heterocycles. The molecule has 1 atom stereocenters. The van der Waals surface area contributed by atoms with Crippen LogP contribution < -0.4 is 0 Å². The van der Waals surface area contributed by atoms with Crippen LogP contribution in [0.1, 0.15) is 44.6 Å². The summed E-state index contributed by atoms with van der Waals surface area (Å²) in [7, 11) is -1.10. The minimum atomic E-state index is -1.10. The number of nitriles is 1. The van der Waals surface area contributed by atoms with E-state index in [4.69, 9.17) is 4.74 Å². The summed E-state index contributed by atoms with van der Waals surface area (Å²) in [6, 6.07) is 5.68. The van der Waals surface area contributed by atoms with Crippen molar-refractivity contribution in [2.75, 3.05) is 6.61 Å². The summed E-state index contributed by atoms with van der Waals surface area (Å²) in [4.78, 5) is 9.07. The van der Waals surface area contributed by atoms with Crippen LogP contribution in [0.5, 0.6) is 0 Å². The smallest absolute Gasteiger partial charge is 0.145 e. The maximum Gasteiger partial charge on any atom is 0.145 e. The van der Waals surface area contributed by atoms with Crippen molar-refractivity contribution in [3.8, 4) is 17.3 Å². The lowest BCUT2D eigenvalue weighted by atomic mass is 9.97. The van der Waals surface area contributed by atoms with E-state index in [1.165, 1.54) is 25.7 Å². The molecule has 1 fully saturated rings. The molecule has 1 saturated carbocycles. The van der Waals surface area contributed by atoms with Gasteiger partial charge in [0.2, 0.25) is 0 Å². The van der Waals surface area contributed by atoms with Crippen molar-refractivity contribution in [1.82, 2.24) is 24.3 Å². The van der Waals surface area contributed by atoms with E-state index in [0.717, 1.165) is 41.4 Å². The number of hydrogen-bond donors (Lipinski definition) is 0. The Bertz CT molecular complexity index is 1070.